The largest absolute Gasteiger partial charge is 0.0848 e. The van der Waals surface area contributed by atoms with Gasteiger partial charge in [-0.05, 0) is 74.7 Å². The van der Waals surface area contributed by atoms with Crippen molar-refractivity contribution < 1.29 is 0 Å². The average Bonchev–Trinajstić information content (AvgIpc) is 2.62. The molecule has 0 heterocycles. The van der Waals surface area contributed by atoms with Gasteiger partial charge in [0.05, 0.1) is 0 Å². The number of rotatable bonds is 10. The van der Waals surface area contributed by atoms with Crippen molar-refractivity contribution in [3.8, 4) is 0 Å². The van der Waals surface area contributed by atoms with E-state index in [0.717, 1.165) is 17.8 Å². The van der Waals surface area contributed by atoms with Crippen LogP contribution in [0.25, 0.3) is 0 Å². The van der Waals surface area contributed by atoms with Crippen LogP contribution in [-0.4, -0.2) is 0 Å². The van der Waals surface area contributed by atoms with Gasteiger partial charge in [-0.1, -0.05) is 75.6 Å². The summed E-state index contributed by atoms with van der Waals surface area (Å²) in [6.07, 6.45) is 16.2. The summed E-state index contributed by atoms with van der Waals surface area (Å²) in [4.78, 5) is 0. The molecule has 1 aromatic rings. The van der Waals surface area contributed by atoms with Gasteiger partial charge in [0.25, 0.3) is 0 Å². The first-order chi connectivity index (χ1) is 11.7. The van der Waals surface area contributed by atoms with E-state index in [1.807, 2.05) is 0 Å². The highest BCUT2D eigenvalue weighted by molar-refractivity contribution is 5.15. The zero-order valence-corrected chi connectivity index (χ0v) is 16.3. The molecule has 0 N–H and O–H groups in total. The topological polar surface area (TPSA) is 0 Å². The Morgan fingerprint density at radius 2 is 1.88 bits per heavy atom. The fraction of sp³-hybridized carbons (Fsp3) is 0.667. The summed E-state index contributed by atoms with van der Waals surface area (Å²) in [5.74, 6) is 2.71. The van der Waals surface area contributed by atoms with Crippen LogP contribution in [0.1, 0.15) is 84.1 Å². The van der Waals surface area contributed by atoms with Gasteiger partial charge in [0.1, 0.15) is 0 Å². The van der Waals surface area contributed by atoms with Crippen molar-refractivity contribution in [3.63, 3.8) is 0 Å². The molecule has 0 saturated carbocycles. The lowest BCUT2D eigenvalue weighted by Crippen LogP contribution is -2.14. The summed E-state index contributed by atoms with van der Waals surface area (Å²) in [5.41, 5.74) is 3.30. The van der Waals surface area contributed by atoms with E-state index in [-0.39, 0.29) is 0 Å². The maximum Gasteiger partial charge on any atom is -0.0203 e. The molecular weight excluding hydrogens is 288 g/mol. The maximum absolute atomic E-state index is 2.64. The molecule has 0 amide bonds. The Labute approximate surface area is 150 Å². The van der Waals surface area contributed by atoms with Crippen LogP contribution in [0.2, 0.25) is 0 Å². The van der Waals surface area contributed by atoms with Crippen LogP contribution in [0.5, 0.6) is 0 Å². The zero-order chi connectivity index (χ0) is 17.2. The first-order valence-electron chi connectivity index (χ1n) is 10.5. The Morgan fingerprint density at radius 3 is 2.50 bits per heavy atom. The van der Waals surface area contributed by atoms with E-state index in [0.29, 0.717) is 0 Å². The van der Waals surface area contributed by atoms with Gasteiger partial charge in [0, 0.05) is 0 Å². The molecule has 0 heteroatoms. The zero-order valence-electron chi connectivity index (χ0n) is 16.3. The molecule has 0 aromatic heterocycles. The van der Waals surface area contributed by atoms with Crippen LogP contribution in [0.4, 0.5) is 0 Å². The minimum Gasteiger partial charge on any atom is -0.0848 e. The molecule has 0 aliphatic heterocycles. The molecule has 2 rings (SSSR count). The normalized spacial score (nSPS) is 20.5. The maximum atomic E-state index is 2.64. The van der Waals surface area contributed by atoms with Crippen LogP contribution in [-0.2, 0) is 6.42 Å². The van der Waals surface area contributed by atoms with Crippen molar-refractivity contribution in [1.82, 2.24) is 0 Å². The van der Waals surface area contributed by atoms with Gasteiger partial charge >= 0.3 is 0 Å². The first kappa shape index (κ1) is 19.3. The third-order valence-electron chi connectivity index (χ3n) is 6.01. The Morgan fingerprint density at radius 1 is 1.08 bits per heavy atom. The van der Waals surface area contributed by atoms with E-state index in [2.05, 4.69) is 57.2 Å². The molecule has 1 aliphatic rings. The Bertz CT molecular complexity index is 470. The lowest BCUT2D eigenvalue weighted by Gasteiger charge is -2.28. The molecule has 3 atom stereocenters. The SMILES string of the molecule is CCCC(CCCc1ccccc1)C1=CCC(CC(C)CC)CC1. The molecule has 0 fully saturated rings. The van der Waals surface area contributed by atoms with Crippen LogP contribution < -0.4 is 0 Å². The number of aryl methyl sites for hydroxylation is 1. The molecule has 0 nitrogen and oxygen atoms in total. The van der Waals surface area contributed by atoms with Crippen molar-refractivity contribution >= 4 is 0 Å². The molecular formula is C24H38. The van der Waals surface area contributed by atoms with Crippen molar-refractivity contribution in [3.05, 3.63) is 47.5 Å². The smallest absolute Gasteiger partial charge is 0.0203 e. The van der Waals surface area contributed by atoms with Crippen molar-refractivity contribution in [1.29, 1.82) is 0 Å². The summed E-state index contributed by atoms with van der Waals surface area (Å²) in [7, 11) is 0. The van der Waals surface area contributed by atoms with Gasteiger partial charge in [0.2, 0.25) is 0 Å². The van der Waals surface area contributed by atoms with Crippen LogP contribution in [0.15, 0.2) is 42.0 Å². The minimum atomic E-state index is 0.850. The molecule has 134 valence electrons. The summed E-state index contributed by atoms with van der Waals surface area (Å²) in [6.45, 7) is 7.10. The van der Waals surface area contributed by atoms with E-state index >= 15 is 0 Å². The standard InChI is InChI=1S/C24H38/c1-4-10-23(14-9-13-21-11-7-6-8-12-21)24-17-15-22(16-18-24)19-20(3)5-2/h6-8,11-12,17,20,22-23H,4-5,9-10,13-16,18-19H2,1-3H3. The number of hydrogen-bond acceptors (Lipinski definition) is 0. The number of hydrogen-bond donors (Lipinski definition) is 0. The number of allylic oxidation sites excluding steroid dienone is 2. The molecule has 0 bridgehead atoms. The fourth-order valence-corrected chi connectivity index (χ4v) is 4.29. The summed E-state index contributed by atoms with van der Waals surface area (Å²) in [6, 6.07) is 11.0. The van der Waals surface area contributed by atoms with Crippen molar-refractivity contribution in [2.45, 2.75) is 85.0 Å². The Kier molecular flexibility index (Phi) is 8.64. The van der Waals surface area contributed by atoms with E-state index in [9.17, 15) is 0 Å². The van der Waals surface area contributed by atoms with Crippen LogP contribution >= 0.6 is 0 Å². The lowest BCUT2D eigenvalue weighted by atomic mass is 9.77. The second-order valence-corrected chi connectivity index (χ2v) is 8.03. The van der Waals surface area contributed by atoms with Crippen molar-refractivity contribution in [2.75, 3.05) is 0 Å². The highest BCUT2D eigenvalue weighted by Crippen LogP contribution is 2.35. The Hall–Kier alpha value is -1.04. The predicted molar refractivity (Wildman–Crippen MR) is 107 cm³/mol. The molecule has 24 heavy (non-hydrogen) atoms. The van der Waals surface area contributed by atoms with E-state index < -0.39 is 0 Å². The summed E-state index contributed by atoms with van der Waals surface area (Å²) < 4.78 is 0. The average molecular weight is 327 g/mol. The van der Waals surface area contributed by atoms with Gasteiger partial charge in [-0.15, -0.1) is 0 Å². The third kappa shape index (κ3) is 6.46. The quantitative estimate of drug-likeness (QED) is 0.388. The third-order valence-corrected chi connectivity index (χ3v) is 6.01. The lowest BCUT2D eigenvalue weighted by molar-refractivity contribution is 0.341. The van der Waals surface area contributed by atoms with Gasteiger partial charge in [-0.3, -0.25) is 0 Å². The number of benzene rings is 1. The first-order valence-corrected chi connectivity index (χ1v) is 10.5. The molecule has 1 aliphatic carbocycles. The van der Waals surface area contributed by atoms with Crippen LogP contribution in [0.3, 0.4) is 0 Å². The molecule has 3 unspecified atom stereocenters. The summed E-state index contributed by atoms with van der Waals surface area (Å²) in [5, 5.41) is 0. The second-order valence-electron chi connectivity index (χ2n) is 8.03. The highest BCUT2D eigenvalue weighted by Gasteiger charge is 2.21. The molecule has 1 aromatic carbocycles. The van der Waals surface area contributed by atoms with Crippen molar-refractivity contribution in [2.24, 2.45) is 17.8 Å². The molecule has 0 saturated heterocycles. The minimum absolute atomic E-state index is 0.850. The van der Waals surface area contributed by atoms with Gasteiger partial charge in [0.15, 0.2) is 0 Å². The van der Waals surface area contributed by atoms with Crippen LogP contribution in [0, 0.1) is 17.8 Å². The summed E-state index contributed by atoms with van der Waals surface area (Å²) >= 11 is 0. The van der Waals surface area contributed by atoms with Gasteiger partial charge in [-0.25, -0.2) is 0 Å². The van der Waals surface area contributed by atoms with E-state index in [4.69, 9.17) is 0 Å². The monoisotopic (exact) mass is 326 g/mol. The highest BCUT2D eigenvalue weighted by atomic mass is 14.3. The Balaban J connectivity index is 1.81. The van der Waals surface area contributed by atoms with E-state index in [1.165, 1.54) is 69.8 Å². The molecule has 0 spiro atoms. The van der Waals surface area contributed by atoms with E-state index in [1.54, 1.807) is 5.57 Å². The fourth-order valence-electron chi connectivity index (χ4n) is 4.29. The van der Waals surface area contributed by atoms with Gasteiger partial charge < -0.3 is 0 Å². The molecule has 0 radical (unpaired) electrons. The predicted octanol–water partition coefficient (Wildman–Crippen LogP) is 7.59. The second kappa shape index (κ2) is 10.7. The van der Waals surface area contributed by atoms with Gasteiger partial charge in [-0.2, -0.15) is 0 Å².